The maximum absolute atomic E-state index is 11.8. The molecule has 1 aromatic carbocycles. The van der Waals surface area contributed by atoms with Gasteiger partial charge in [0.2, 0.25) is 0 Å². The molecule has 3 nitrogen and oxygen atoms in total. The van der Waals surface area contributed by atoms with Crippen molar-refractivity contribution in [3.05, 3.63) is 34.3 Å². The summed E-state index contributed by atoms with van der Waals surface area (Å²) in [6.45, 7) is 2.87. The molecule has 0 heterocycles. The Hall–Kier alpha value is -0.870. The normalized spacial score (nSPS) is 12.5. The second kappa shape index (κ2) is 8.33. The third kappa shape index (κ3) is 5.33. The maximum atomic E-state index is 11.8. The molecule has 1 rings (SSSR count). The highest BCUT2D eigenvalue weighted by atomic mass is 79.9. The highest BCUT2D eigenvalue weighted by molar-refractivity contribution is 9.10. The molecule has 1 aromatic rings. The van der Waals surface area contributed by atoms with Crippen LogP contribution in [0.1, 0.15) is 31.7 Å². The van der Waals surface area contributed by atoms with Crippen molar-refractivity contribution in [3.8, 4) is 0 Å². The average Bonchev–Trinajstić information content (AvgIpc) is 2.38. The molecule has 4 heteroatoms. The second-order valence-electron chi connectivity index (χ2n) is 4.73. The van der Waals surface area contributed by atoms with E-state index < -0.39 is 0 Å². The first-order valence-electron chi connectivity index (χ1n) is 6.61. The number of unbranched alkanes of at least 4 members (excludes halogenated alkanes) is 1. The monoisotopic (exact) mass is 327 g/mol. The zero-order valence-electron chi connectivity index (χ0n) is 11.9. The van der Waals surface area contributed by atoms with E-state index in [4.69, 9.17) is 4.74 Å². The van der Waals surface area contributed by atoms with Gasteiger partial charge in [0.25, 0.3) is 0 Å². The van der Waals surface area contributed by atoms with E-state index in [9.17, 15) is 4.79 Å². The van der Waals surface area contributed by atoms with Crippen LogP contribution in [0.25, 0.3) is 0 Å². The largest absolute Gasteiger partial charge is 0.468 e. The van der Waals surface area contributed by atoms with Gasteiger partial charge in [0.15, 0.2) is 0 Å². The predicted octanol–water partition coefficient (Wildman–Crippen LogP) is 3.61. The molecular formula is C15H22BrNO2. The third-order valence-corrected chi connectivity index (χ3v) is 3.65. The van der Waals surface area contributed by atoms with Gasteiger partial charge in [0, 0.05) is 11.0 Å². The van der Waals surface area contributed by atoms with Crippen LogP contribution in [-0.4, -0.2) is 31.1 Å². The molecule has 0 aliphatic rings. The van der Waals surface area contributed by atoms with Gasteiger partial charge in [-0.2, -0.15) is 0 Å². The van der Waals surface area contributed by atoms with Crippen LogP contribution in [0.5, 0.6) is 0 Å². The fourth-order valence-electron chi connectivity index (χ4n) is 2.09. The number of benzene rings is 1. The second-order valence-corrected chi connectivity index (χ2v) is 5.64. The summed E-state index contributed by atoms with van der Waals surface area (Å²) in [6, 6.07) is 7.98. The lowest BCUT2D eigenvalue weighted by atomic mass is 10.1. The maximum Gasteiger partial charge on any atom is 0.323 e. The molecule has 1 unspecified atom stereocenters. The molecule has 0 fully saturated rings. The van der Waals surface area contributed by atoms with E-state index in [1.807, 2.05) is 19.2 Å². The van der Waals surface area contributed by atoms with Crippen LogP contribution >= 0.6 is 15.9 Å². The lowest BCUT2D eigenvalue weighted by Crippen LogP contribution is -2.38. The highest BCUT2D eigenvalue weighted by Crippen LogP contribution is 2.16. The van der Waals surface area contributed by atoms with Crippen molar-refractivity contribution in [1.29, 1.82) is 0 Å². The Labute approximate surface area is 124 Å². The number of hydrogen-bond donors (Lipinski definition) is 0. The van der Waals surface area contributed by atoms with E-state index in [1.165, 1.54) is 12.7 Å². The van der Waals surface area contributed by atoms with Crippen molar-refractivity contribution >= 4 is 21.9 Å². The Morgan fingerprint density at radius 3 is 2.79 bits per heavy atom. The summed E-state index contributed by atoms with van der Waals surface area (Å²) >= 11 is 3.46. The van der Waals surface area contributed by atoms with Gasteiger partial charge >= 0.3 is 5.97 Å². The van der Waals surface area contributed by atoms with Crippen LogP contribution in [0, 0.1) is 0 Å². The Morgan fingerprint density at radius 1 is 1.47 bits per heavy atom. The Morgan fingerprint density at radius 2 is 2.21 bits per heavy atom. The highest BCUT2D eigenvalue weighted by Gasteiger charge is 2.23. The predicted molar refractivity (Wildman–Crippen MR) is 80.9 cm³/mol. The quantitative estimate of drug-likeness (QED) is 0.716. The van der Waals surface area contributed by atoms with Crippen LogP contribution in [0.2, 0.25) is 0 Å². The van der Waals surface area contributed by atoms with Gasteiger partial charge in [-0.3, -0.25) is 9.69 Å². The number of hydrogen-bond acceptors (Lipinski definition) is 3. The lowest BCUT2D eigenvalue weighted by molar-refractivity contribution is -0.147. The van der Waals surface area contributed by atoms with Crippen molar-refractivity contribution in [2.45, 2.75) is 38.8 Å². The molecule has 1 atom stereocenters. The number of likely N-dealkylation sites (N-methyl/N-ethyl adjacent to an activating group) is 1. The van der Waals surface area contributed by atoms with Gasteiger partial charge in [-0.1, -0.05) is 47.8 Å². The topological polar surface area (TPSA) is 29.5 Å². The van der Waals surface area contributed by atoms with Crippen molar-refractivity contribution in [3.63, 3.8) is 0 Å². The van der Waals surface area contributed by atoms with Gasteiger partial charge < -0.3 is 4.74 Å². The minimum atomic E-state index is -0.163. The zero-order chi connectivity index (χ0) is 14.3. The molecule has 0 saturated carbocycles. The summed E-state index contributed by atoms with van der Waals surface area (Å²) in [6.07, 6.45) is 2.95. The first kappa shape index (κ1) is 16.2. The van der Waals surface area contributed by atoms with Crippen LogP contribution in [-0.2, 0) is 16.1 Å². The minimum absolute atomic E-state index is 0.147. The number of ether oxygens (including phenoxy) is 1. The Bertz CT molecular complexity index is 409. The standard InChI is InChI=1S/C15H22BrNO2/c1-4-5-9-14(15(18)19-3)17(2)11-12-7-6-8-13(16)10-12/h6-8,10,14H,4-5,9,11H2,1-3H3. The van der Waals surface area contributed by atoms with Crippen molar-refractivity contribution in [2.24, 2.45) is 0 Å². The smallest absolute Gasteiger partial charge is 0.323 e. The number of methoxy groups -OCH3 is 1. The lowest BCUT2D eigenvalue weighted by Gasteiger charge is -2.26. The van der Waals surface area contributed by atoms with E-state index in [1.54, 1.807) is 0 Å². The van der Waals surface area contributed by atoms with E-state index in [0.717, 1.165) is 30.3 Å². The molecule has 0 aromatic heterocycles. The molecule has 0 amide bonds. The summed E-state index contributed by atoms with van der Waals surface area (Å²) in [5.41, 5.74) is 1.18. The zero-order valence-corrected chi connectivity index (χ0v) is 13.4. The molecule has 0 N–H and O–H groups in total. The molecule has 0 aliphatic carbocycles. The molecule has 0 saturated heterocycles. The number of halogens is 1. The summed E-state index contributed by atoms with van der Waals surface area (Å²) in [5, 5.41) is 0. The van der Waals surface area contributed by atoms with E-state index in [-0.39, 0.29) is 12.0 Å². The molecule has 106 valence electrons. The minimum Gasteiger partial charge on any atom is -0.468 e. The van der Waals surface area contributed by atoms with Gasteiger partial charge in [-0.25, -0.2) is 0 Å². The first-order chi connectivity index (χ1) is 9.08. The summed E-state index contributed by atoms with van der Waals surface area (Å²) in [5.74, 6) is -0.147. The number of carbonyl (C=O) groups is 1. The van der Waals surface area contributed by atoms with E-state index >= 15 is 0 Å². The number of carbonyl (C=O) groups excluding carboxylic acids is 1. The Kier molecular flexibility index (Phi) is 7.10. The van der Waals surface area contributed by atoms with Crippen LogP contribution in [0.15, 0.2) is 28.7 Å². The average molecular weight is 328 g/mol. The van der Waals surface area contributed by atoms with Crippen LogP contribution < -0.4 is 0 Å². The molecule has 0 radical (unpaired) electrons. The summed E-state index contributed by atoms with van der Waals surface area (Å²) in [4.78, 5) is 13.9. The number of rotatable bonds is 7. The van der Waals surface area contributed by atoms with Crippen molar-refractivity contribution in [1.82, 2.24) is 4.90 Å². The SMILES string of the molecule is CCCCC(C(=O)OC)N(C)Cc1cccc(Br)c1. The van der Waals surface area contributed by atoms with Crippen LogP contribution in [0.4, 0.5) is 0 Å². The molecule has 0 bridgehead atoms. The fraction of sp³-hybridized carbons (Fsp3) is 0.533. The number of esters is 1. The molecule has 0 aliphatic heterocycles. The van der Waals surface area contributed by atoms with Crippen molar-refractivity contribution < 1.29 is 9.53 Å². The molecular weight excluding hydrogens is 306 g/mol. The van der Waals surface area contributed by atoms with Gasteiger partial charge in [0.05, 0.1) is 7.11 Å². The molecule has 19 heavy (non-hydrogen) atoms. The van der Waals surface area contributed by atoms with Crippen LogP contribution in [0.3, 0.4) is 0 Å². The number of nitrogens with zero attached hydrogens (tertiary/aromatic N) is 1. The third-order valence-electron chi connectivity index (χ3n) is 3.16. The summed E-state index contributed by atoms with van der Waals surface area (Å²) < 4.78 is 5.96. The van der Waals surface area contributed by atoms with Gasteiger partial charge in [-0.05, 0) is 31.2 Å². The Balaban J connectivity index is 2.70. The van der Waals surface area contributed by atoms with E-state index in [2.05, 4.69) is 39.9 Å². The van der Waals surface area contributed by atoms with Crippen molar-refractivity contribution in [2.75, 3.05) is 14.2 Å². The molecule has 0 spiro atoms. The van der Waals surface area contributed by atoms with Gasteiger partial charge in [0.1, 0.15) is 6.04 Å². The summed E-state index contributed by atoms with van der Waals surface area (Å²) in [7, 11) is 3.42. The van der Waals surface area contributed by atoms with Gasteiger partial charge in [-0.15, -0.1) is 0 Å². The van der Waals surface area contributed by atoms with E-state index in [0.29, 0.717) is 0 Å². The fourth-order valence-corrected chi connectivity index (χ4v) is 2.53. The first-order valence-corrected chi connectivity index (χ1v) is 7.40.